The third-order valence-electron chi connectivity index (χ3n) is 2.67. The van der Waals surface area contributed by atoms with Gasteiger partial charge in [-0.2, -0.15) is 0 Å². The molecule has 2 aromatic heterocycles. The van der Waals surface area contributed by atoms with Gasteiger partial charge in [0.25, 0.3) is 0 Å². The van der Waals surface area contributed by atoms with Crippen LogP contribution in [0.1, 0.15) is 16.2 Å². The predicted octanol–water partition coefficient (Wildman–Crippen LogP) is 0.391. The van der Waals surface area contributed by atoms with Crippen LogP contribution in [0.25, 0.3) is 0 Å². The molecule has 5 nitrogen and oxygen atoms in total. The lowest BCUT2D eigenvalue weighted by Crippen LogP contribution is -2.39. The highest BCUT2D eigenvalue weighted by Gasteiger charge is 2.04. The zero-order valence-electron chi connectivity index (χ0n) is 11.0. The number of hydrogen-bond donors (Lipinski definition) is 1. The largest absolute Gasteiger partial charge is 0.395 e. The lowest BCUT2D eigenvalue weighted by Gasteiger charge is -2.03. The molecule has 0 aliphatic heterocycles. The first-order valence-electron chi connectivity index (χ1n) is 6.06. The Morgan fingerprint density at radius 1 is 1.25 bits per heavy atom. The van der Waals surface area contributed by atoms with Crippen LogP contribution in [0.15, 0.2) is 34.1 Å². The number of aromatic nitrogens is 2. The second-order valence-electron chi connectivity index (χ2n) is 4.19. The Morgan fingerprint density at radius 3 is 2.80 bits per heavy atom. The maximum atomic E-state index is 11.8. The van der Waals surface area contributed by atoms with Crippen molar-refractivity contribution < 1.29 is 5.11 Å². The number of aliphatic hydroxyl groups is 1. The molecule has 0 saturated heterocycles. The molecular formula is C14H14N2O3S. The Balaban J connectivity index is 2.20. The second kappa shape index (κ2) is 6.37. The summed E-state index contributed by atoms with van der Waals surface area (Å²) < 4.78 is 2.65. The molecule has 0 saturated carbocycles. The lowest BCUT2D eigenvalue weighted by atomic mass is 10.4. The summed E-state index contributed by atoms with van der Waals surface area (Å²) in [5, 5.41) is 8.65. The van der Waals surface area contributed by atoms with Crippen molar-refractivity contribution in [3.8, 4) is 11.8 Å². The van der Waals surface area contributed by atoms with Gasteiger partial charge >= 0.3 is 11.1 Å². The first kappa shape index (κ1) is 14.3. The van der Waals surface area contributed by atoms with E-state index in [1.807, 2.05) is 12.1 Å². The van der Waals surface area contributed by atoms with E-state index in [2.05, 4.69) is 11.8 Å². The third kappa shape index (κ3) is 3.26. The van der Waals surface area contributed by atoms with Crippen LogP contribution in [0.5, 0.6) is 0 Å². The average molecular weight is 290 g/mol. The van der Waals surface area contributed by atoms with Gasteiger partial charge in [0.2, 0.25) is 0 Å². The summed E-state index contributed by atoms with van der Waals surface area (Å²) in [7, 11) is 1.55. The van der Waals surface area contributed by atoms with Crippen LogP contribution in [0, 0.1) is 11.8 Å². The number of hydrogen-bond acceptors (Lipinski definition) is 4. The predicted molar refractivity (Wildman–Crippen MR) is 77.9 cm³/mol. The molecule has 0 aliphatic carbocycles. The molecule has 0 fully saturated rings. The van der Waals surface area contributed by atoms with Gasteiger partial charge in [-0.05, 0) is 12.1 Å². The normalized spacial score (nSPS) is 10.1. The van der Waals surface area contributed by atoms with E-state index in [0.717, 1.165) is 9.75 Å². The molecule has 2 heterocycles. The molecular weight excluding hydrogens is 276 g/mol. The molecule has 0 unspecified atom stereocenters. The fourth-order valence-electron chi connectivity index (χ4n) is 1.62. The summed E-state index contributed by atoms with van der Waals surface area (Å²) in [6.45, 7) is 0.412. The van der Waals surface area contributed by atoms with E-state index in [0.29, 0.717) is 13.0 Å². The van der Waals surface area contributed by atoms with Gasteiger partial charge in [-0.1, -0.05) is 11.8 Å². The average Bonchev–Trinajstić information content (AvgIpc) is 2.88. The fraction of sp³-hybridized carbons (Fsp3) is 0.286. The molecule has 20 heavy (non-hydrogen) atoms. The molecule has 0 amide bonds. The summed E-state index contributed by atoms with van der Waals surface area (Å²) in [4.78, 5) is 25.2. The van der Waals surface area contributed by atoms with Crippen LogP contribution in [0.4, 0.5) is 0 Å². The van der Waals surface area contributed by atoms with E-state index < -0.39 is 11.1 Å². The van der Waals surface area contributed by atoms with Crippen LogP contribution < -0.4 is 11.1 Å². The van der Waals surface area contributed by atoms with Gasteiger partial charge in [0, 0.05) is 30.7 Å². The first-order chi connectivity index (χ1) is 9.61. The second-order valence-corrected chi connectivity index (χ2v) is 5.36. The molecule has 1 N–H and O–H groups in total. The first-order valence-corrected chi connectivity index (χ1v) is 6.88. The zero-order valence-corrected chi connectivity index (χ0v) is 11.8. The van der Waals surface area contributed by atoms with E-state index in [1.54, 1.807) is 19.4 Å². The smallest absolute Gasteiger partial charge is 0.316 e. The highest BCUT2D eigenvalue weighted by molar-refractivity contribution is 7.12. The summed E-state index contributed by atoms with van der Waals surface area (Å²) in [6, 6.07) is 3.76. The van der Waals surface area contributed by atoms with Gasteiger partial charge in [-0.15, -0.1) is 11.3 Å². The number of thiophene rings is 1. The SMILES string of the molecule is Cn1ccn(Cc2ccc(C#CCCO)s2)c(=O)c1=O. The van der Waals surface area contributed by atoms with E-state index in [9.17, 15) is 9.59 Å². The standard InChI is InChI=1S/C14H14N2O3S/c1-15-7-8-16(14(19)13(15)18)10-12-6-5-11(20-12)4-2-3-9-17/h5-8,17H,3,9-10H2,1H3. The fourth-order valence-corrected chi connectivity index (χ4v) is 2.50. The van der Waals surface area contributed by atoms with Crippen LogP contribution in [-0.4, -0.2) is 20.8 Å². The van der Waals surface area contributed by atoms with Gasteiger partial charge in [0.05, 0.1) is 18.0 Å². The summed E-state index contributed by atoms with van der Waals surface area (Å²) in [6.07, 6.45) is 3.61. The molecule has 6 heteroatoms. The minimum absolute atomic E-state index is 0.0495. The van der Waals surface area contributed by atoms with Gasteiger partial charge < -0.3 is 14.2 Å². The number of rotatable bonds is 3. The summed E-state index contributed by atoms with van der Waals surface area (Å²) in [5.74, 6) is 5.79. The van der Waals surface area contributed by atoms with Crippen molar-refractivity contribution in [1.82, 2.24) is 9.13 Å². The van der Waals surface area contributed by atoms with Crippen molar-refractivity contribution in [3.05, 3.63) is 55.0 Å². The summed E-state index contributed by atoms with van der Waals surface area (Å²) in [5.41, 5.74) is -1.07. The van der Waals surface area contributed by atoms with E-state index in [1.165, 1.54) is 20.5 Å². The maximum absolute atomic E-state index is 11.8. The van der Waals surface area contributed by atoms with Gasteiger partial charge in [-0.25, -0.2) is 0 Å². The van der Waals surface area contributed by atoms with Crippen LogP contribution in [0.3, 0.4) is 0 Å². The zero-order chi connectivity index (χ0) is 14.5. The Labute approximate surface area is 119 Å². The van der Waals surface area contributed by atoms with E-state index >= 15 is 0 Å². The highest BCUT2D eigenvalue weighted by atomic mass is 32.1. The Hall–Kier alpha value is -2.10. The highest BCUT2D eigenvalue weighted by Crippen LogP contribution is 2.15. The Bertz CT molecular complexity index is 774. The Morgan fingerprint density at radius 2 is 2.05 bits per heavy atom. The van der Waals surface area contributed by atoms with E-state index in [-0.39, 0.29) is 6.61 Å². The third-order valence-corrected chi connectivity index (χ3v) is 3.66. The van der Waals surface area contributed by atoms with Crippen molar-refractivity contribution in [3.63, 3.8) is 0 Å². The van der Waals surface area contributed by atoms with Crippen LogP contribution in [0.2, 0.25) is 0 Å². The Kier molecular flexibility index (Phi) is 4.56. The minimum Gasteiger partial charge on any atom is -0.395 e. The topological polar surface area (TPSA) is 64.2 Å². The van der Waals surface area contributed by atoms with Gasteiger partial charge in [0.1, 0.15) is 0 Å². The van der Waals surface area contributed by atoms with Crippen LogP contribution in [-0.2, 0) is 13.6 Å². The van der Waals surface area contributed by atoms with Crippen molar-refractivity contribution in [1.29, 1.82) is 0 Å². The molecule has 104 valence electrons. The molecule has 2 rings (SSSR count). The quantitative estimate of drug-likeness (QED) is 0.657. The van der Waals surface area contributed by atoms with E-state index in [4.69, 9.17) is 5.11 Å². The molecule has 0 atom stereocenters. The lowest BCUT2D eigenvalue weighted by molar-refractivity contribution is 0.305. The molecule has 0 aliphatic rings. The van der Waals surface area contributed by atoms with Crippen molar-refractivity contribution >= 4 is 11.3 Å². The number of aryl methyl sites for hydroxylation is 1. The van der Waals surface area contributed by atoms with Crippen molar-refractivity contribution in [2.45, 2.75) is 13.0 Å². The van der Waals surface area contributed by atoms with Crippen molar-refractivity contribution in [2.75, 3.05) is 6.61 Å². The monoisotopic (exact) mass is 290 g/mol. The molecule has 0 spiro atoms. The van der Waals surface area contributed by atoms with Gasteiger partial charge in [-0.3, -0.25) is 9.59 Å². The number of aliphatic hydroxyl groups excluding tert-OH is 1. The molecule has 2 aromatic rings. The number of nitrogens with zero attached hydrogens (tertiary/aromatic N) is 2. The summed E-state index contributed by atoms with van der Waals surface area (Å²) >= 11 is 1.47. The van der Waals surface area contributed by atoms with Gasteiger partial charge in [0.15, 0.2) is 0 Å². The molecule has 0 bridgehead atoms. The minimum atomic E-state index is -0.535. The van der Waals surface area contributed by atoms with Crippen LogP contribution >= 0.6 is 11.3 Å². The van der Waals surface area contributed by atoms with Crippen molar-refractivity contribution in [2.24, 2.45) is 7.05 Å². The molecule has 0 aromatic carbocycles. The molecule has 0 radical (unpaired) electrons. The maximum Gasteiger partial charge on any atom is 0.316 e.